The summed E-state index contributed by atoms with van der Waals surface area (Å²) < 4.78 is 30.2. The second-order valence-electron chi connectivity index (χ2n) is 9.51. The molecular weight excluding hydrogens is 612 g/mol. The molecule has 0 radical (unpaired) electrons. The quantitative estimate of drug-likeness (QED) is 0.163. The summed E-state index contributed by atoms with van der Waals surface area (Å²) in [5.74, 6) is -2.14. The van der Waals surface area contributed by atoms with Crippen molar-refractivity contribution in [2.75, 3.05) is 0 Å². The van der Waals surface area contributed by atoms with E-state index in [1.165, 1.54) is 6.07 Å². The van der Waals surface area contributed by atoms with Gasteiger partial charge in [0.15, 0.2) is 11.4 Å². The summed E-state index contributed by atoms with van der Waals surface area (Å²) in [5.41, 5.74) is -5.90. The molecule has 214 valence electrons. The van der Waals surface area contributed by atoms with Crippen LogP contribution in [-0.2, 0) is 0 Å². The number of rotatable bonds is 2. The van der Waals surface area contributed by atoms with Crippen molar-refractivity contribution in [1.29, 1.82) is 26.3 Å². The minimum Gasteiger partial charge on any atom is -0.250 e. The van der Waals surface area contributed by atoms with Crippen LogP contribution in [0.1, 0.15) is 44.5 Å². The number of aromatic nitrogens is 1. The molecule has 0 fully saturated rings. The molecule has 0 N–H and O–H groups in total. The Bertz CT molecular complexity index is 2660. The van der Waals surface area contributed by atoms with Crippen LogP contribution in [0.25, 0.3) is 57.8 Å². The molecular formula is C35H5F2N11. The number of allylic oxidation sites excluding steroid dienone is 7. The molecule has 0 atom stereocenters. The van der Waals surface area contributed by atoms with E-state index in [9.17, 15) is 30.7 Å². The zero-order chi connectivity index (χ0) is 34.9. The molecule has 0 amide bonds. The second kappa shape index (κ2) is 11.8. The van der Waals surface area contributed by atoms with Crippen LogP contribution in [0, 0.1) is 101 Å². The standard InChI is InChI=1S/C35H5F2N11/c1-43-24-7-19(23(36)9-25(24)44-2)33-32(26(13-41)45-3)20-6-18-21(11-39)29(17-8-28(37)48-15-16(17)10-38)34(27(14-42)46-4)30(18)22(12-40)31(20)35(33)47-5/h6-9,15H/b32-26-,34-27-. The van der Waals surface area contributed by atoms with E-state index in [0.717, 1.165) is 24.4 Å². The molecule has 13 heteroatoms. The number of benzene rings is 2. The minimum absolute atomic E-state index is 0.119. The van der Waals surface area contributed by atoms with Crippen molar-refractivity contribution >= 4 is 44.9 Å². The highest BCUT2D eigenvalue weighted by Crippen LogP contribution is 2.57. The number of pyridine rings is 1. The maximum atomic E-state index is 15.7. The monoisotopic (exact) mass is 617 g/mol. The molecule has 2 aliphatic rings. The molecule has 0 saturated heterocycles. The molecule has 0 saturated carbocycles. The van der Waals surface area contributed by atoms with Crippen molar-refractivity contribution in [3.05, 3.63) is 155 Å². The smallest absolute Gasteiger partial charge is 0.250 e. The molecule has 0 unspecified atom stereocenters. The fourth-order valence-electron chi connectivity index (χ4n) is 5.62. The van der Waals surface area contributed by atoms with Crippen molar-refractivity contribution in [3.8, 4) is 30.3 Å². The molecule has 2 aromatic carbocycles. The molecule has 0 bridgehead atoms. The zero-order valence-electron chi connectivity index (χ0n) is 23.6. The van der Waals surface area contributed by atoms with Crippen molar-refractivity contribution in [1.82, 2.24) is 4.98 Å². The van der Waals surface area contributed by atoms with Crippen LogP contribution >= 0.6 is 0 Å². The summed E-state index contributed by atoms with van der Waals surface area (Å²) in [4.78, 5) is 19.9. The summed E-state index contributed by atoms with van der Waals surface area (Å²) in [6.07, 6.45) is 0.884. The summed E-state index contributed by atoms with van der Waals surface area (Å²) in [7, 11) is 0. The zero-order valence-corrected chi connectivity index (χ0v) is 23.6. The molecule has 1 aromatic heterocycles. The van der Waals surface area contributed by atoms with Gasteiger partial charge in [-0.1, -0.05) is 6.07 Å². The molecule has 48 heavy (non-hydrogen) atoms. The number of nitriles is 5. The normalized spacial score (nSPS) is 14.2. The number of nitrogens with zero attached hydrogens (tertiary/aromatic N) is 11. The molecule has 2 aliphatic carbocycles. The van der Waals surface area contributed by atoms with E-state index in [1.807, 2.05) is 18.2 Å². The lowest BCUT2D eigenvalue weighted by Crippen LogP contribution is -2.00. The van der Waals surface area contributed by atoms with E-state index in [-0.39, 0.29) is 72.6 Å². The van der Waals surface area contributed by atoms with Crippen LogP contribution in [0.2, 0.25) is 0 Å². The van der Waals surface area contributed by atoms with Gasteiger partial charge in [-0.15, -0.1) is 0 Å². The number of hydrogen-bond donors (Lipinski definition) is 0. The first kappa shape index (κ1) is 30.8. The third-order valence-electron chi connectivity index (χ3n) is 7.42. The number of halogens is 2. The van der Waals surface area contributed by atoms with Crippen LogP contribution in [0.15, 0.2) is 41.9 Å². The largest absolute Gasteiger partial charge is 0.270 e. The highest BCUT2D eigenvalue weighted by molar-refractivity contribution is 6.30. The van der Waals surface area contributed by atoms with E-state index >= 15 is 4.39 Å². The molecule has 0 spiro atoms. The number of hydrogen-bond acceptors (Lipinski definition) is 6. The summed E-state index contributed by atoms with van der Waals surface area (Å²) in [6, 6.07) is 12.9. The van der Waals surface area contributed by atoms with Gasteiger partial charge in [-0.05, 0) is 45.5 Å². The first-order chi connectivity index (χ1) is 23.2. The first-order valence-electron chi connectivity index (χ1n) is 12.8. The van der Waals surface area contributed by atoms with Crippen molar-refractivity contribution < 1.29 is 8.78 Å². The van der Waals surface area contributed by atoms with E-state index in [2.05, 4.69) is 29.2 Å². The molecule has 3 aromatic rings. The van der Waals surface area contributed by atoms with Crippen LogP contribution in [-0.4, -0.2) is 4.98 Å². The van der Waals surface area contributed by atoms with Gasteiger partial charge in [0.2, 0.25) is 11.6 Å². The van der Waals surface area contributed by atoms with Crippen molar-refractivity contribution in [3.63, 3.8) is 0 Å². The van der Waals surface area contributed by atoms with Gasteiger partial charge in [-0.25, -0.2) is 39.3 Å². The Kier molecular flexibility index (Phi) is 7.54. The maximum Gasteiger partial charge on any atom is 0.270 e. The van der Waals surface area contributed by atoms with E-state index in [4.69, 9.17) is 32.9 Å². The van der Waals surface area contributed by atoms with Crippen molar-refractivity contribution in [2.24, 2.45) is 0 Å². The van der Waals surface area contributed by atoms with Gasteiger partial charge in [0.1, 0.15) is 18.0 Å². The van der Waals surface area contributed by atoms with Gasteiger partial charge >= 0.3 is 0 Å². The average Bonchev–Trinajstić information content (AvgIpc) is 3.60. The molecule has 11 nitrogen and oxygen atoms in total. The Labute approximate surface area is 270 Å². The Hall–Kier alpha value is -8.69. The highest BCUT2D eigenvalue weighted by atomic mass is 19.1. The lowest BCUT2D eigenvalue weighted by Gasteiger charge is -2.14. The van der Waals surface area contributed by atoms with Gasteiger partial charge in [-0.3, -0.25) is 4.85 Å². The third kappa shape index (κ3) is 4.19. The Morgan fingerprint density at radius 3 is 1.83 bits per heavy atom. The fraction of sp³-hybridized carbons (Fsp3) is 0. The maximum absolute atomic E-state index is 15.7. The second-order valence-corrected chi connectivity index (χ2v) is 9.51. The topological polar surface area (TPSA) is 154 Å². The Balaban J connectivity index is 2.06. The summed E-state index contributed by atoms with van der Waals surface area (Å²) >= 11 is 0. The first-order valence-corrected chi connectivity index (χ1v) is 12.8. The van der Waals surface area contributed by atoms with Crippen LogP contribution < -0.4 is 0 Å². The van der Waals surface area contributed by atoms with Crippen molar-refractivity contribution in [2.45, 2.75) is 0 Å². The van der Waals surface area contributed by atoms with E-state index < -0.39 is 40.0 Å². The van der Waals surface area contributed by atoms with Crippen LogP contribution in [0.4, 0.5) is 20.2 Å². The minimum atomic E-state index is -1.08. The Morgan fingerprint density at radius 1 is 0.646 bits per heavy atom. The van der Waals surface area contributed by atoms with Crippen LogP contribution in [0.3, 0.4) is 0 Å². The van der Waals surface area contributed by atoms with Gasteiger partial charge in [0, 0.05) is 34.5 Å². The Morgan fingerprint density at radius 2 is 1.29 bits per heavy atom. The number of fused-ring (bicyclic) bond motifs is 2. The lowest BCUT2D eigenvalue weighted by molar-refractivity contribution is 0.583. The average molecular weight is 617 g/mol. The van der Waals surface area contributed by atoms with Gasteiger partial charge in [0.05, 0.1) is 67.8 Å². The summed E-state index contributed by atoms with van der Waals surface area (Å²) in [6.45, 7) is 38.2. The van der Waals surface area contributed by atoms with Gasteiger partial charge in [-0.2, -0.15) is 20.2 Å². The highest BCUT2D eigenvalue weighted by Gasteiger charge is 2.41. The van der Waals surface area contributed by atoms with Gasteiger partial charge in [0.25, 0.3) is 11.4 Å². The van der Waals surface area contributed by atoms with Gasteiger partial charge < -0.3 is 0 Å². The summed E-state index contributed by atoms with van der Waals surface area (Å²) in [5, 5.41) is 50.8. The fourth-order valence-corrected chi connectivity index (χ4v) is 5.62. The van der Waals surface area contributed by atoms with E-state index in [0.29, 0.717) is 0 Å². The SMILES string of the molecule is [C-]#[N+]C1=C(c2cc([N+]#[C-])c([N+]#[C-])cc2F)/C(=C(/C#N)[N+]#[C-])c2cc3c(c(C#N)c21)/C(=C(/C#N)[N+]#[C-])C(c1cc(F)ncc1C#N)=C3C#N. The predicted octanol–water partition coefficient (Wildman–Crippen LogP) is 7.76. The van der Waals surface area contributed by atoms with Crippen LogP contribution in [0.5, 0.6) is 0 Å². The third-order valence-corrected chi connectivity index (χ3v) is 7.42. The molecule has 0 aliphatic heterocycles. The lowest BCUT2D eigenvalue weighted by atomic mass is 9.87. The molecule has 1 heterocycles. The molecule has 5 rings (SSSR count). The predicted molar refractivity (Wildman–Crippen MR) is 163 cm³/mol. The van der Waals surface area contributed by atoms with E-state index in [1.54, 1.807) is 12.1 Å².